The van der Waals surface area contributed by atoms with Crippen LogP contribution in [-0.4, -0.2) is 266 Å². The molecule has 6 aliphatic heterocycles. The molecule has 0 saturated carbocycles. The highest BCUT2D eigenvalue weighted by molar-refractivity contribution is 7.18. The number of rotatable bonds is 32. The summed E-state index contributed by atoms with van der Waals surface area (Å²) in [6.45, 7) is 40.2. The second-order valence-corrected chi connectivity index (χ2v) is 39.6. The number of halogens is 1. The van der Waals surface area contributed by atoms with Gasteiger partial charge in [0.2, 0.25) is 47.4 Å². The standard InChI is InChI=1S/C28H34N8O3S.C27H31ClN8O3S.2C23H25N7O2S/c1-4-24(37)36-9-8-20(17-36)30-27-31-21(16-35-10-12-39-13-11-35)14-23(32-27)33-28-29-15-22(40-28)26(38)34-25-18(2)6-5-7-19(25)3;1-3-23(37)36-8-7-18(16-36)30-26-31-19(15-35-9-11-39-12-10-35)13-22(32-26)33-27-29-14-21(40-27)25(38)34-24-17(2)5-4-6-20(24)28;2*1-4-19(31)30-11-9-16(13-30)26-22-24-10-8-18(27-22)28-23-25-12-17(33-23)21(32)29-20-14(2)6-5-7-15(20)3/h4-7,14-15,20H,1,8-13,16-17H2,2-3H3,(H,34,38)(H2,29,30,31,32,33);3-6,13-14,18H,1,7-12,15-16H2,2H3,(H,34,38)(H2,29,30,31,32,33);2*4-8,10,12,16H,1,9,11,13H2,2-3H3,(H,29,32)(H2,24,25,26,27,28)/t20-;18-;2*16-/m0010/s1. The lowest BCUT2D eigenvalue weighted by Gasteiger charge is -2.26. The van der Waals surface area contributed by atoms with Crippen molar-refractivity contribution < 1.29 is 47.8 Å². The quantitative estimate of drug-likeness (QED) is 0.0174. The van der Waals surface area contributed by atoms with E-state index in [0.717, 1.165) is 119 Å². The molecule has 8 amide bonds. The van der Waals surface area contributed by atoms with Gasteiger partial charge in [0.25, 0.3) is 23.6 Å². The molecule has 6 saturated heterocycles. The fourth-order valence-electron chi connectivity index (χ4n) is 16.7. The van der Waals surface area contributed by atoms with E-state index in [-0.39, 0.29) is 71.4 Å². The van der Waals surface area contributed by atoms with E-state index in [1.165, 1.54) is 75.8 Å². The number of para-hydroxylation sites is 4. The molecule has 6 aliphatic rings. The van der Waals surface area contributed by atoms with Crippen LogP contribution in [0.5, 0.6) is 0 Å². The molecule has 146 heavy (non-hydrogen) atoms. The van der Waals surface area contributed by atoms with Crippen LogP contribution >= 0.6 is 56.9 Å². The molecule has 12 N–H and O–H groups in total. The summed E-state index contributed by atoms with van der Waals surface area (Å²) in [6, 6.07) is 30.6. The molecule has 12 aromatic rings. The molecule has 40 nitrogen and oxygen atoms in total. The van der Waals surface area contributed by atoms with Gasteiger partial charge in [-0.15, -0.1) is 0 Å². The number of carbonyl (C=O) groups excluding carboxylic acids is 8. The molecular weight excluding hydrogens is 1960 g/mol. The lowest BCUT2D eigenvalue weighted by molar-refractivity contribution is -0.125. The van der Waals surface area contributed by atoms with Crippen LogP contribution in [-0.2, 0) is 41.7 Å². The first-order valence-electron chi connectivity index (χ1n) is 47.5. The number of nitrogens with one attached hydrogen (secondary N) is 12. The number of likely N-dealkylation sites (tertiary alicyclic amines) is 4. The molecule has 4 atom stereocenters. The van der Waals surface area contributed by atoms with Gasteiger partial charge in [0.15, 0.2) is 20.5 Å². The molecule has 14 heterocycles. The molecule has 0 unspecified atom stereocenters. The molecule has 0 spiro atoms. The van der Waals surface area contributed by atoms with E-state index in [0.29, 0.717) is 190 Å². The summed E-state index contributed by atoms with van der Waals surface area (Å²) in [5.41, 5.74) is 11.6. The van der Waals surface area contributed by atoms with Crippen LogP contribution in [0.4, 0.5) is 90.3 Å². The Bertz CT molecular complexity index is 6270. The van der Waals surface area contributed by atoms with Gasteiger partial charge in [0.05, 0.1) is 73.3 Å². The topological polar surface area (TPSA) is 473 Å². The van der Waals surface area contributed by atoms with E-state index in [9.17, 15) is 38.4 Å². The number of aryl methyl sites for hydroxylation is 7. The first kappa shape index (κ1) is 105. The number of aromatic nitrogens is 12. The minimum atomic E-state index is -0.292. The van der Waals surface area contributed by atoms with Crippen molar-refractivity contribution in [3.63, 3.8) is 0 Å². The summed E-state index contributed by atoms with van der Waals surface area (Å²) in [5, 5.41) is 40.5. The van der Waals surface area contributed by atoms with Gasteiger partial charge in [0.1, 0.15) is 42.8 Å². The Balaban J connectivity index is 0.000000147. The first-order chi connectivity index (χ1) is 70.6. The number of morpholine rings is 2. The van der Waals surface area contributed by atoms with E-state index in [1.54, 1.807) is 68.8 Å². The van der Waals surface area contributed by atoms with Crippen molar-refractivity contribution in [1.82, 2.24) is 89.2 Å². The average molecular weight is 2070 g/mol. The molecule has 0 radical (unpaired) electrons. The molecule has 760 valence electrons. The maximum Gasteiger partial charge on any atom is 0.267 e. The third-order valence-electron chi connectivity index (χ3n) is 24.4. The van der Waals surface area contributed by atoms with Gasteiger partial charge in [-0.1, -0.05) is 150 Å². The second-order valence-electron chi connectivity index (χ2n) is 35.1. The molecule has 6 fully saturated rings. The highest BCUT2D eigenvalue weighted by Crippen LogP contribution is 2.35. The van der Waals surface area contributed by atoms with E-state index < -0.39 is 0 Å². The summed E-state index contributed by atoms with van der Waals surface area (Å²) in [7, 11) is 0. The Hall–Kier alpha value is -15.0. The number of anilines is 16. The number of hydrogen-bond donors (Lipinski definition) is 12. The molecule has 4 aromatic carbocycles. The summed E-state index contributed by atoms with van der Waals surface area (Å²) < 4.78 is 11.0. The third-order valence-corrected chi connectivity index (χ3v) is 28.3. The van der Waals surface area contributed by atoms with E-state index >= 15 is 0 Å². The lowest BCUT2D eigenvalue weighted by Crippen LogP contribution is -2.36. The van der Waals surface area contributed by atoms with Gasteiger partial charge in [-0.3, -0.25) is 48.2 Å². The maximum absolute atomic E-state index is 12.9. The number of benzene rings is 4. The van der Waals surface area contributed by atoms with Crippen molar-refractivity contribution in [2.75, 3.05) is 169 Å². The van der Waals surface area contributed by atoms with Gasteiger partial charge >= 0.3 is 0 Å². The lowest BCUT2D eigenvalue weighted by atomic mass is 10.1. The Kier molecular flexibility index (Phi) is 36.4. The number of nitrogens with zero attached hydrogens (tertiary/aromatic N) is 18. The van der Waals surface area contributed by atoms with E-state index in [4.69, 9.17) is 31.0 Å². The monoisotopic (exact) mass is 2070 g/mol. The molecule has 18 rings (SSSR count). The summed E-state index contributed by atoms with van der Waals surface area (Å²) in [4.78, 5) is 166. The van der Waals surface area contributed by atoms with Gasteiger partial charge < -0.3 is 92.9 Å². The number of amides is 8. The smallest absolute Gasteiger partial charge is 0.267 e. The van der Waals surface area contributed by atoms with Crippen molar-refractivity contribution in [2.24, 2.45) is 0 Å². The Morgan fingerprint density at radius 3 is 0.911 bits per heavy atom. The van der Waals surface area contributed by atoms with Crippen LogP contribution in [0, 0.1) is 48.5 Å². The molecular formula is C101H115ClN30O10S4. The van der Waals surface area contributed by atoms with Crippen molar-refractivity contribution in [3.05, 3.63) is 260 Å². The van der Waals surface area contributed by atoms with Gasteiger partial charge in [-0.05, 0) is 156 Å². The number of thiazole rings is 4. The van der Waals surface area contributed by atoms with Crippen LogP contribution in [0.15, 0.2) is 185 Å². The molecule has 0 bridgehead atoms. The zero-order valence-electron chi connectivity index (χ0n) is 81.8. The van der Waals surface area contributed by atoms with Crippen molar-refractivity contribution in [3.8, 4) is 0 Å². The van der Waals surface area contributed by atoms with E-state index in [2.05, 4.69) is 150 Å². The zero-order valence-corrected chi connectivity index (χ0v) is 85.9. The normalized spacial score (nSPS) is 16.4. The fourth-order valence-corrected chi connectivity index (χ4v) is 19.8. The number of carbonyl (C=O) groups is 8. The Morgan fingerprint density at radius 1 is 0.349 bits per heavy atom. The van der Waals surface area contributed by atoms with Gasteiger partial charge in [0, 0.05) is 157 Å². The summed E-state index contributed by atoms with van der Waals surface area (Å²) in [5.74, 6) is 2.91. The highest BCUT2D eigenvalue weighted by atomic mass is 35.5. The Labute approximate surface area is 865 Å². The maximum atomic E-state index is 12.9. The van der Waals surface area contributed by atoms with Crippen LogP contribution in [0.2, 0.25) is 5.02 Å². The number of ether oxygens (including phenoxy) is 2. The largest absolute Gasteiger partial charge is 0.379 e. The van der Waals surface area contributed by atoms with Crippen molar-refractivity contribution in [2.45, 2.75) is 111 Å². The first-order valence-corrected chi connectivity index (χ1v) is 51.1. The molecule has 8 aromatic heterocycles. The minimum absolute atomic E-state index is 0.0267. The van der Waals surface area contributed by atoms with Crippen LogP contribution in [0.1, 0.15) is 115 Å². The van der Waals surface area contributed by atoms with Gasteiger partial charge in [-0.25, -0.2) is 39.9 Å². The van der Waals surface area contributed by atoms with Crippen molar-refractivity contribution in [1.29, 1.82) is 0 Å². The molecule has 45 heteroatoms. The van der Waals surface area contributed by atoms with Gasteiger partial charge in [-0.2, -0.15) is 19.9 Å². The Morgan fingerprint density at radius 2 is 0.616 bits per heavy atom. The second kappa shape index (κ2) is 50.5. The van der Waals surface area contributed by atoms with Crippen LogP contribution in [0.25, 0.3) is 0 Å². The van der Waals surface area contributed by atoms with Crippen LogP contribution in [0.3, 0.4) is 0 Å². The SMILES string of the molecule is C=CC(=O)N1CC[C@@H](Nc2nccc(Nc3ncc(C(=O)Nc4c(C)cccc4C)s3)n2)C1.C=CC(=O)N1CC[C@H](Nc2nc(CN3CCOCC3)cc(Nc3ncc(C(=O)Nc4c(C)cccc4C)s3)n2)C1.C=CC(=O)N1CC[C@H](Nc2nc(CN3CCOCC3)cc(Nc3ncc(C(=O)Nc4c(C)cccc4Cl)s3)n2)C1.C=CC(=O)N1CC[C@H](Nc2nccc(Nc3ncc(C(=O)Nc4c(C)cccc4C)s3)n2)C1. The minimum Gasteiger partial charge on any atom is -0.379 e. The molecule has 0 aliphatic carbocycles. The number of hydrogen-bond acceptors (Lipinski definition) is 36. The van der Waals surface area contributed by atoms with Crippen molar-refractivity contribution >= 4 is 195 Å². The van der Waals surface area contributed by atoms with Crippen LogP contribution < -0.4 is 63.8 Å². The predicted octanol–water partition coefficient (Wildman–Crippen LogP) is 15.0. The zero-order chi connectivity index (χ0) is 103. The third kappa shape index (κ3) is 29.2. The highest BCUT2D eigenvalue weighted by Gasteiger charge is 2.32. The van der Waals surface area contributed by atoms with E-state index in [1.807, 2.05) is 127 Å². The average Bonchev–Trinajstić information content (AvgIpc) is 1.78. The summed E-state index contributed by atoms with van der Waals surface area (Å²) >= 11 is 11.2. The fraction of sp³-hybridized carbons (Fsp3) is 0.327. The summed E-state index contributed by atoms with van der Waals surface area (Å²) in [6.07, 6.45) is 18.0. The predicted molar refractivity (Wildman–Crippen MR) is 573 cm³/mol.